The number of carbonyl (C=O) groups excluding carboxylic acids is 2. The minimum atomic E-state index is -0.383. The summed E-state index contributed by atoms with van der Waals surface area (Å²) in [6.07, 6.45) is 41.8. The van der Waals surface area contributed by atoms with Gasteiger partial charge in [-0.15, -0.1) is 0 Å². The lowest BCUT2D eigenvalue weighted by molar-refractivity contribution is -0.155. The molecule has 0 aliphatic rings. The Kier molecular flexibility index (Phi) is 39.4. The second kappa shape index (κ2) is 40.3. The molecule has 5 heteroatoms. The summed E-state index contributed by atoms with van der Waals surface area (Å²) in [7, 11) is 0. The van der Waals surface area contributed by atoms with Gasteiger partial charge >= 0.3 is 11.9 Å². The smallest absolute Gasteiger partial charge is 0.305 e. The van der Waals surface area contributed by atoms with Crippen LogP contribution in [0.4, 0.5) is 0 Å². The highest BCUT2D eigenvalue weighted by atomic mass is 16.6. The quantitative estimate of drug-likeness (QED) is 0.0476. The van der Waals surface area contributed by atoms with E-state index in [9.17, 15) is 9.59 Å². The molecule has 0 aromatic heterocycles. The van der Waals surface area contributed by atoms with E-state index in [0.717, 1.165) is 38.5 Å². The van der Waals surface area contributed by atoms with Gasteiger partial charge in [-0.3, -0.25) is 9.59 Å². The maximum absolute atomic E-state index is 12.3. The number of ether oxygens (including phenoxy) is 3. The molecule has 0 bridgehead atoms. The summed E-state index contributed by atoms with van der Waals surface area (Å²) < 4.78 is 16.9. The van der Waals surface area contributed by atoms with Crippen LogP contribution in [0, 0.1) is 0 Å². The first-order valence-corrected chi connectivity index (χ1v) is 21.6. The van der Waals surface area contributed by atoms with Crippen LogP contribution in [-0.4, -0.2) is 37.9 Å². The van der Waals surface area contributed by atoms with Crippen LogP contribution in [0.3, 0.4) is 0 Å². The lowest BCUT2D eigenvalue weighted by atomic mass is 10.0. The minimum absolute atomic E-state index is 0.160. The first-order valence-electron chi connectivity index (χ1n) is 21.6. The van der Waals surface area contributed by atoms with E-state index in [1.165, 1.54) is 167 Å². The molecule has 0 atom stereocenters. The van der Waals surface area contributed by atoms with Crippen molar-refractivity contribution in [2.45, 2.75) is 245 Å². The molecule has 0 aliphatic carbocycles. The van der Waals surface area contributed by atoms with Gasteiger partial charge in [-0.2, -0.15) is 0 Å². The van der Waals surface area contributed by atoms with Gasteiger partial charge in [-0.1, -0.05) is 207 Å². The van der Waals surface area contributed by atoms with Crippen molar-refractivity contribution < 1.29 is 23.8 Å². The third-order valence-electron chi connectivity index (χ3n) is 9.68. The molecule has 0 aliphatic heterocycles. The highest BCUT2D eigenvalue weighted by Gasteiger charge is 2.15. The standard InChI is InChI=1S/C43H84O5/c1-4-7-10-12-14-16-18-20-22-24-26-28-30-32-34-36-42(44)47-39-41(46-38-9-6-3)40-48-43(45)37-35-33-31-29-27-25-23-21-19-17-15-13-11-8-5-2/h41H,4-40H2,1-3H3. The van der Waals surface area contributed by atoms with Crippen molar-refractivity contribution in [3.05, 3.63) is 0 Å². The predicted octanol–water partition coefficient (Wildman–Crippen LogP) is 13.8. The molecule has 0 rings (SSSR count). The molecule has 48 heavy (non-hydrogen) atoms. The maximum Gasteiger partial charge on any atom is 0.305 e. The van der Waals surface area contributed by atoms with Gasteiger partial charge in [0.1, 0.15) is 19.3 Å². The number of hydrogen-bond acceptors (Lipinski definition) is 5. The van der Waals surface area contributed by atoms with E-state index in [1.54, 1.807) is 0 Å². The van der Waals surface area contributed by atoms with Crippen LogP contribution in [0.1, 0.15) is 239 Å². The second-order valence-electron chi connectivity index (χ2n) is 14.6. The van der Waals surface area contributed by atoms with Crippen molar-refractivity contribution in [2.24, 2.45) is 0 Å². The summed E-state index contributed by atoms with van der Waals surface area (Å²) in [5.41, 5.74) is 0. The first kappa shape index (κ1) is 46.9. The largest absolute Gasteiger partial charge is 0.463 e. The Morgan fingerprint density at radius 1 is 0.354 bits per heavy atom. The molecule has 0 radical (unpaired) electrons. The van der Waals surface area contributed by atoms with Gasteiger partial charge in [0.15, 0.2) is 0 Å². The van der Waals surface area contributed by atoms with E-state index < -0.39 is 0 Å². The molecule has 0 saturated carbocycles. The molecule has 0 spiro atoms. The van der Waals surface area contributed by atoms with Crippen LogP contribution < -0.4 is 0 Å². The van der Waals surface area contributed by atoms with Gasteiger partial charge in [0.25, 0.3) is 0 Å². The highest BCUT2D eigenvalue weighted by Crippen LogP contribution is 2.16. The lowest BCUT2D eigenvalue weighted by Gasteiger charge is -2.18. The number of hydrogen-bond donors (Lipinski definition) is 0. The molecule has 0 unspecified atom stereocenters. The Morgan fingerprint density at radius 3 is 0.875 bits per heavy atom. The monoisotopic (exact) mass is 681 g/mol. The van der Waals surface area contributed by atoms with Crippen molar-refractivity contribution in [3.63, 3.8) is 0 Å². The zero-order valence-electron chi connectivity index (χ0n) is 32.8. The van der Waals surface area contributed by atoms with Crippen LogP contribution in [0.15, 0.2) is 0 Å². The Bertz CT molecular complexity index is 601. The van der Waals surface area contributed by atoms with E-state index in [1.807, 2.05) is 0 Å². The molecule has 0 fully saturated rings. The fraction of sp³-hybridized carbons (Fsp3) is 0.953. The van der Waals surface area contributed by atoms with Gasteiger partial charge < -0.3 is 14.2 Å². The number of unbranched alkanes of at least 4 members (excludes halogenated alkanes) is 29. The third kappa shape index (κ3) is 37.7. The van der Waals surface area contributed by atoms with Crippen LogP contribution >= 0.6 is 0 Å². The highest BCUT2D eigenvalue weighted by molar-refractivity contribution is 5.69. The van der Waals surface area contributed by atoms with Crippen molar-refractivity contribution in [3.8, 4) is 0 Å². The SMILES string of the molecule is CCCCCCCCCCCCCCCCCC(=O)OCC(COC(=O)CCCCCCCCCCCCCCCCC)OCCCC. The Labute approximate surface area is 300 Å². The topological polar surface area (TPSA) is 61.8 Å². The van der Waals surface area contributed by atoms with Gasteiger partial charge in [-0.05, 0) is 19.3 Å². The van der Waals surface area contributed by atoms with Crippen molar-refractivity contribution >= 4 is 11.9 Å². The molecule has 0 saturated heterocycles. The Morgan fingerprint density at radius 2 is 0.604 bits per heavy atom. The van der Waals surface area contributed by atoms with E-state index >= 15 is 0 Å². The summed E-state index contributed by atoms with van der Waals surface area (Å²) in [4.78, 5) is 24.7. The van der Waals surface area contributed by atoms with Crippen LogP contribution in [0.5, 0.6) is 0 Å². The van der Waals surface area contributed by atoms with Gasteiger partial charge in [0.05, 0.1) is 0 Å². The molecule has 0 amide bonds. The van der Waals surface area contributed by atoms with Crippen molar-refractivity contribution in [1.82, 2.24) is 0 Å². The molecule has 0 aromatic rings. The summed E-state index contributed by atoms with van der Waals surface area (Å²) in [6.45, 7) is 7.59. The zero-order chi connectivity index (χ0) is 35.0. The summed E-state index contributed by atoms with van der Waals surface area (Å²) in [5.74, 6) is -0.337. The summed E-state index contributed by atoms with van der Waals surface area (Å²) >= 11 is 0. The zero-order valence-corrected chi connectivity index (χ0v) is 32.8. The molecular weight excluding hydrogens is 596 g/mol. The normalized spacial score (nSPS) is 11.4. The maximum atomic E-state index is 12.3. The molecule has 0 heterocycles. The molecule has 286 valence electrons. The van der Waals surface area contributed by atoms with Gasteiger partial charge in [0.2, 0.25) is 0 Å². The second-order valence-corrected chi connectivity index (χ2v) is 14.6. The predicted molar refractivity (Wildman–Crippen MR) is 206 cm³/mol. The summed E-state index contributed by atoms with van der Waals surface area (Å²) in [5, 5.41) is 0. The summed E-state index contributed by atoms with van der Waals surface area (Å²) in [6, 6.07) is 0. The van der Waals surface area contributed by atoms with Crippen molar-refractivity contribution in [1.29, 1.82) is 0 Å². The minimum Gasteiger partial charge on any atom is -0.463 e. The van der Waals surface area contributed by atoms with E-state index in [0.29, 0.717) is 19.4 Å². The molecule has 0 aromatic carbocycles. The van der Waals surface area contributed by atoms with E-state index in [4.69, 9.17) is 14.2 Å². The average Bonchev–Trinajstić information content (AvgIpc) is 3.09. The average molecular weight is 681 g/mol. The number of carbonyl (C=O) groups is 2. The fourth-order valence-corrected chi connectivity index (χ4v) is 6.34. The molecule has 5 nitrogen and oxygen atoms in total. The van der Waals surface area contributed by atoms with Crippen LogP contribution in [0.2, 0.25) is 0 Å². The van der Waals surface area contributed by atoms with Crippen molar-refractivity contribution in [2.75, 3.05) is 19.8 Å². The fourth-order valence-electron chi connectivity index (χ4n) is 6.34. The molecular formula is C43H84O5. The number of esters is 2. The number of rotatable bonds is 40. The Hall–Kier alpha value is -1.10. The lowest BCUT2D eigenvalue weighted by Crippen LogP contribution is -2.29. The first-order chi connectivity index (χ1) is 23.6. The third-order valence-corrected chi connectivity index (χ3v) is 9.68. The van der Waals surface area contributed by atoms with Gasteiger partial charge in [0, 0.05) is 19.4 Å². The van der Waals surface area contributed by atoms with E-state index in [2.05, 4.69) is 20.8 Å². The van der Waals surface area contributed by atoms with Gasteiger partial charge in [-0.25, -0.2) is 0 Å². The van der Waals surface area contributed by atoms with Crippen LogP contribution in [0.25, 0.3) is 0 Å². The van der Waals surface area contributed by atoms with Crippen LogP contribution in [-0.2, 0) is 23.8 Å². The van der Waals surface area contributed by atoms with E-state index in [-0.39, 0.29) is 31.3 Å². The molecule has 0 N–H and O–H groups in total. The Balaban J connectivity index is 3.75.